The Balaban J connectivity index is 1.45. The van der Waals surface area contributed by atoms with Gasteiger partial charge in [-0.25, -0.2) is 4.68 Å². The third kappa shape index (κ3) is 3.89. The van der Waals surface area contributed by atoms with E-state index in [0.717, 1.165) is 36.9 Å². The number of nitrogens with zero attached hydrogens (tertiary/aromatic N) is 3. The lowest BCUT2D eigenvalue weighted by Gasteiger charge is -2.16. The SMILES string of the molecule is O=C(Cn1nc2c(cc1=O)CCCC2)NCCn1c(=O)c(=O)[nH]c2ccccc21. The summed E-state index contributed by atoms with van der Waals surface area (Å²) in [4.78, 5) is 51.0. The largest absolute Gasteiger partial charge is 0.353 e. The maximum atomic E-state index is 12.3. The van der Waals surface area contributed by atoms with Gasteiger partial charge in [-0.2, -0.15) is 5.10 Å². The number of carbonyl (C=O) groups excluding carboxylic acids is 1. The van der Waals surface area contributed by atoms with Gasteiger partial charge in [-0.1, -0.05) is 12.1 Å². The zero-order chi connectivity index (χ0) is 20.4. The molecule has 0 unspecified atom stereocenters. The summed E-state index contributed by atoms with van der Waals surface area (Å²) in [6.45, 7) is 0.102. The molecule has 4 rings (SSSR count). The van der Waals surface area contributed by atoms with E-state index >= 15 is 0 Å². The Hall–Kier alpha value is -3.49. The minimum absolute atomic E-state index is 0.140. The van der Waals surface area contributed by atoms with Crippen molar-refractivity contribution in [2.75, 3.05) is 6.54 Å². The van der Waals surface area contributed by atoms with Crippen LogP contribution in [0.2, 0.25) is 0 Å². The molecule has 29 heavy (non-hydrogen) atoms. The van der Waals surface area contributed by atoms with Crippen LogP contribution in [0.15, 0.2) is 44.7 Å². The van der Waals surface area contributed by atoms with E-state index in [9.17, 15) is 19.2 Å². The van der Waals surface area contributed by atoms with Crippen molar-refractivity contribution in [1.29, 1.82) is 0 Å². The van der Waals surface area contributed by atoms with Gasteiger partial charge < -0.3 is 14.9 Å². The van der Waals surface area contributed by atoms with E-state index in [4.69, 9.17) is 0 Å². The second-order valence-corrected chi connectivity index (χ2v) is 7.10. The van der Waals surface area contributed by atoms with Crippen LogP contribution in [-0.2, 0) is 30.7 Å². The van der Waals surface area contributed by atoms with Gasteiger partial charge in [0.15, 0.2) is 0 Å². The van der Waals surface area contributed by atoms with Gasteiger partial charge in [-0.15, -0.1) is 0 Å². The first-order valence-electron chi connectivity index (χ1n) is 9.61. The van der Waals surface area contributed by atoms with Crippen molar-refractivity contribution in [3.63, 3.8) is 0 Å². The van der Waals surface area contributed by atoms with E-state index < -0.39 is 11.1 Å². The Morgan fingerprint density at radius 1 is 1.14 bits per heavy atom. The fourth-order valence-corrected chi connectivity index (χ4v) is 3.66. The van der Waals surface area contributed by atoms with E-state index in [1.807, 2.05) is 0 Å². The molecule has 0 aliphatic heterocycles. The number of H-pyrrole nitrogens is 1. The number of fused-ring (bicyclic) bond motifs is 2. The molecule has 0 fully saturated rings. The summed E-state index contributed by atoms with van der Waals surface area (Å²) >= 11 is 0. The number of hydrogen-bond donors (Lipinski definition) is 2. The number of benzene rings is 1. The van der Waals surface area contributed by atoms with Crippen LogP contribution in [0.25, 0.3) is 11.0 Å². The fraction of sp³-hybridized carbons (Fsp3) is 0.350. The van der Waals surface area contributed by atoms with Crippen LogP contribution in [0, 0.1) is 0 Å². The molecule has 2 N–H and O–H groups in total. The number of para-hydroxylation sites is 2. The van der Waals surface area contributed by atoms with Crippen molar-refractivity contribution < 1.29 is 4.79 Å². The first-order valence-corrected chi connectivity index (χ1v) is 9.61. The number of aromatic amines is 1. The Morgan fingerprint density at radius 3 is 2.79 bits per heavy atom. The summed E-state index contributed by atoms with van der Waals surface area (Å²) in [5.74, 6) is -0.377. The average molecular weight is 395 g/mol. The predicted octanol–water partition coefficient (Wildman–Crippen LogP) is -0.0583. The molecule has 0 saturated carbocycles. The zero-order valence-corrected chi connectivity index (χ0v) is 15.8. The maximum absolute atomic E-state index is 12.3. The van der Waals surface area contributed by atoms with Gasteiger partial charge in [0.1, 0.15) is 6.54 Å². The maximum Gasteiger partial charge on any atom is 0.316 e. The summed E-state index contributed by atoms with van der Waals surface area (Å²) in [6.07, 6.45) is 3.75. The number of amides is 1. The molecule has 1 aromatic carbocycles. The molecule has 3 aromatic rings. The van der Waals surface area contributed by atoms with Gasteiger partial charge in [0.25, 0.3) is 5.56 Å². The molecule has 150 valence electrons. The summed E-state index contributed by atoms with van der Waals surface area (Å²) in [6, 6.07) is 8.53. The quantitative estimate of drug-likeness (QED) is 0.587. The molecule has 0 atom stereocenters. The Kier molecular flexibility index (Phi) is 5.11. The lowest BCUT2D eigenvalue weighted by molar-refractivity contribution is -0.121. The molecule has 9 heteroatoms. The van der Waals surface area contributed by atoms with E-state index in [0.29, 0.717) is 11.0 Å². The van der Waals surface area contributed by atoms with Crippen molar-refractivity contribution in [2.24, 2.45) is 0 Å². The van der Waals surface area contributed by atoms with Crippen LogP contribution < -0.4 is 22.0 Å². The lowest BCUT2D eigenvalue weighted by Crippen LogP contribution is -2.40. The number of nitrogens with one attached hydrogen (secondary N) is 2. The van der Waals surface area contributed by atoms with Crippen LogP contribution in [-0.4, -0.2) is 31.8 Å². The van der Waals surface area contributed by atoms with E-state index in [-0.39, 0.29) is 31.1 Å². The molecule has 2 heterocycles. The summed E-state index contributed by atoms with van der Waals surface area (Å²) in [5, 5.41) is 7.02. The Labute approximate surface area is 165 Å². The molecular weight excluding hydrogens is 374 g/mol. The second-order valence-electron chi connectivity index (χ2n) is 7.10. The van der Waals surface area contributed by atoms with Gasteiger partial charge in [0.05, 0.1) is 16.7 Å². The highest BCUT2D eigenvalue weighted by atomic mass is 16.2. The van der Waals surface area contributed by atoms with Crippen molar-refractivity contribution >= 4 is 16.9 Å². The zero-order valence-electron chi connectivity index (χ0n) is 15.8. The third-order valence-corrected chi connectivity index (χ3v) is 5.11. The van der Waals surface area contributed by atoms with Crippen LogP contribution in [0.1, 0.15) is 24.1 Å². The normalized spacial score (nSPS) is 13.2. The monoisotopic (exact) mass is 395 g/mol. The Morgan fingerprint density at radius 2 is 1.93 bits per heavy atom. The van der Waals surface area contributed by atoms with Gasteiger partial charge in [-0.05, 0) is 43.4 Å². The number of aryl methyl sites for hydroxylation is 2. The molecule has 1 amide bonds. The smallest absolute Gasteiger partial charge is 0.316 e. The fourth-order valence-electron chi connectivity index (χ4n) is 3.66. The molecule has 1 aliphatic carbocycles. The van der Waals surface area contributed by atoms with Crippen LogP contribution in [0.4, 0.5) is 0 Å². The molecular formula is C20H21N5O4. The van der Waals surface area contributed by atoms with Gasteiger partial charge >= 0.3 is 11.1 Å². The van der Waals surface area contributed by atoms with Crippen molar-refractivity contribution in [3.8, 4) is 0 Å². The highest BCUT2D eigenvalue weighted by Crippen LogP contribution is 2.16. The highest BCUT2D eigenvalue weighted by Gasteiger charge is 2.15. The lowest BCUT2D eigenvalue weighted by atomic mass is 9.97. The van der Waals surface area contributed by atoms with Gasteiger partial charge in [-0.3, -0.25) is 19.2 Å². The second kappa shape index (κ2) is 7.86. The van der Waals surface area contributed by atoms with Gasteiger partial charge in [0, 0.05) is 19.2 Å². The first-order chi connectivity index (χ1) is 14.0. The third-order valence-electron chi connectivity index (χ3n) is 5.11. The molecule has 0 bridgehead atoms. The molecule has 0 radical (unpaired) electrons. The first kappa shape index (κ1) is 18.9. The molecule has 0 spiro atoms. The number of aromatic nitrogens is 4. The minimum Gasteiger partial charge on any atom is -0.353 e. The molecule has 9 nitrogen and oxygen atoms in total. The van der Waals surface area contributed by atoms with Crippen molar-refractivity contribution in [1.82, 2.24) is 24.6 Å². The van der Waals surface area contributed by atoms with E-state index in [2.05, 4.69) is 15.4 Å². The molecule has 0 saturated heterocycles. The van der Waals surface area contributed by atoms with E-state index in [1.165, 1.54) is 9.25 Å². The predicted molar refractivity (Wildman–Crippen MR) is 107 cm³/mol. The number of carbonyl (C=O) groups is 1. The summed E-state index contributed by atoms with van der Waals surface area (Å²) in [5.41, 5.74) is 1.30. The number of rotatable bonds is 5. The summed E-state index contributed by atoms with van der Waals surface area (Å²) in [7, 11) is 0. The van der Waals surface area contributed by atoms with Crippen LogP contribution in [0.5, 0.6) is 0 Å². The van der Waals surface area contributed by atoms with Crippen molar-refractivity contribution in [2.45, 2.75) is 38.8 Å². The van der Waals surface area contributed by atoms with Crippen LogP contribution in [0.3, 0.4) is 0 Å². The molecule has 2 aromatic heterocycles. The topological polar surface area (TPSA) is 119 Å². The van der Waals surface area contributed by atoms with Crippen LogP contribution >= 0.6 is 0 Å². The standard InChI is InChI=1S/C20H21N5O4/c26-17(12-25-18(27)11-13-5-1-2-6-14(13)23-25)21-9-10-24-16-8-4-3-7-15(16)22-19(28)20(24)29/h3-4,7-8,11H,1-2,5-6,9-10,12H2,(H,21,26)(H,22,28). The number of hydrogen-bond acceptors (Lipinski definition) is 5. The molecule has 1 aliphatic rings. The Bertz CT molecular complexity index is 1250. The van der Waals surface area contributed by atoms with Gasteiger partial charge in [0.2, 0.25) is 5.91 Å². The van der Waals surface area contributed by atoms with Crippen molar-refractivity contribution in [3.05, 3.63) is 72.7 Å². The average Bonchev–Trinajstić information content (AvgIpc) is 2.71. The minimum atomic E-state index is -0.708. The highest BCUT2D eigenvalue weighted by molar-refractivity contribution is 5.76. The summed E-state index contributed by atoms with van der Waals surface area (Å²) < 4.78 is 2.51. The van der Waals surface area contributed by atoms with E-state index in [1.54, 1.807) is 30.3 Å².